The standard InChI is InChI=1S/C19H15N5O3S/c1-2-20-13-7-3-5-10-15(13)14(9-12(16(10)25)19(26)27)22-23-18-11-6-4-8-21-17(11)24-28-18/h3-9,20,25H,2H2,1H3,(H,26,27)/b23-22+. The van der Waals surface area contributed by atoms with Crippen LogP contribution in [-0.4, -0.2) is 32.1 Å². The number of phenols is 1. The molecule has 0 aliphatic rings. The smallest absolute Gasteiger partial charge is 0.339 e. The van der Waals surface area contributed by atoms with Crippen molar-refractivity contribution in [3.8, 4) is 5.75 Å². The number of pyridine rings is 1. The minimum atomic E-state index is -1.24. The van der Waals surface area contributed by atoms with Crippen LogP contribution in [0.1, 0.15) is 17.3 Å². The summed E-state index contributed by atoms with van der Waals surface area (Å²) in [7, 11) is 0. The van der Waals surface area contributed by atoms with Gasteiger partial charge in [-0.25, -0.2) is 9.78 Å². The van der Waals surface area contributed by atoms with Crippen molar-refractivity contribution in [2.45, 2.75) is 6.92 Å². The van der Waals surface area contributed by atoms with Gasteiger partial charge in [0.1, 0.15) is 11.3 Å². The first-order valence-electron chi connectivity index (χ1n) is 8.48. The Kier molecular flexibility index (Phi) is 4.58. The number of nitrogens with zero attached hydrogens (tertiary/aromatic N) is 4. The number of aromatic hydroxyl groups is 1. The zero-order valence-corrected chi connectivity index (χ0v) is 15.6. The highest BCUT2D eigenvalue weighted by molar-refractivity contribution is 7.11. The van der Waals surface area contributed by atoms with Gasteiger partial charge in [0.2, 0.25) is 0 Å². The van der Waals surface area contributed by atoms with Gasteiger partial charge in [-0.1, -0.05) is 12.1 Å². The van der Waals surface area contributed by atoms with Crippen molar-refractivity contribution in [1.82, 2.24) is 9.36 Å². The first kappa shape index (κ1) is 17.8. The quantitative estimate of drug-likeness (QED) is 0.406. The van der Waals surface area contributed by atoms with Gasteiger partial charge < -0.3 is 15.5 Å². The van der Waals surface area contributed by atoms with Crippen LogP contribution in [0.5, 0.6) is 5.75 Å². The number of fused-ring (bicyclic) bond motifs is 2. The Labute approximate surface area is 163 Å². The molecule has 0 spiro atoms. The highest BCUT2D eigenvalue weighted by Gasteiger charge is 2.18. The van der Waals surface area contributed by atoms with E-state index in [1.165, 1.54) is 6.07 Å². The zero-order chi connectivity index (χ0) is 19.7. The number of carboxylic acids is 1. The van der Waals surface area contributed by atoms with Crippen molar-refractivity contribution in [1.29, 1.82) is 0 Å². The summed E-state index contributed by atoms with van der Waals surface area (Å²) >= 11 is 1.16. The van der Waals surface area contributed by atoms with Gasteiger partial charge in [0, 0.05) is 29.2 Å². The molecule has 2 aromatic carbocycles. The van der Waals surface area contributed by atoms with Crippen LogP contribution in [0.15, 0.2) is 52.8 Å². The van der Waals surface area contributed by atoms with Crippen LogP contribution in [-0.2, 0) is 0 Å². The minimum absolute atomic E-state index is 0.231. The van der Waals surface area contributed by atoms with E-state index < -0.39 is 5.97 Å². The third kappa shape index (κ3) is 3.01. The van der Waals surface area contributed by atoms with E-state index in [4.69, 9.17) is 0 Å². The largest absolute Gasteiger partial charge is 0.506 e. The Morgan fingerprint density at radius 3 is 2.82 bits per heavy atom. The summed E-state index contributed by atoms with van der Waals surface area (Å²) < 4.78 is 4.23. The average Bonchev–Trinajstić information content (AvgIpc) is 3.11. The monoisotopic (exact) mass is 393 g/mol. The van der Waals surface area contributed by atoms with Gasteiger partial charge in [0.25, 0.3) is 0 Å². The van der Waals surface area contributed by atoms with Crippen molar-refractivity contribution < 1.29 is 15.0 Å². The fourth-order valence-electron chi connectivity index (χ4n) is 2.97. The number of benzene rings is 2. The Hall–Kier alpha value is -3.59. The molecule has 0 bridgehead atoms. The van der Waals surface area contributed by atoms with Crippen LogP contribution in [0, 0.1) is 0 Å². The van der Waals surface area contributed by atoms with Crippen molar-refractivity contribution in [2.24, 2.45) is 10.2 Å². The lowest BCUT2D eigenvalue weighted by Crippen LogP contribution is -2.00. The van der Waals surface area contributed by atoms with Gasteiger partial charge in [0.05, 0.1) is 11.1 Å². The van der Waals surface area contributed by atoms with Gasteiger partial charge >= 0.3 is 5.97 Å². The lowest BCUT2D eigenvalue weighted by atomic mass is 10.0. The normalized spacial score (nSPS) is 11.5. The molecule has 0 atom stereocenters. The Morgan fingerprint density at radius 1 is 1.21 bits per heavy atom. The molecular formula is C19H15N5O3S. The molecule has 3 N–H and O–H groups in total. The van der Waals surface area contributed by atoms with Crippen molar-refractivity contribution in [2.75, 3.05) is 11.9 Å². The van der Waals surface area contributed by atoms with Gasteiger partial charge in [-0.15, -0.1) is 10.2 Å². The molecule has 2 aromatic heterocycles. The Balaban J connectivity index is 1.94. The van der Waals surface area contributed by atoms with E-state index in [-0.39, 0.29) is 11.3 Å². The first-order chi connectivity index (χ1) is 13.6. The number of hydrogen-bond acceptors (Lipinski definition) is 8. The van der Waals surface area contributed by atoms with Crippen LogP contribution in [0.25, 0.3) is 21.8 Å². The summed E-state index contributed by atoms with van der Waals surface area (Å²) in [6.45, 7) is 2.60. The van der Waals surface area contributed by atoms with Crippen molar-refractivity contribution in [3.05, 3.63) is 48.2 Å². The molecule has 0 aliphatic heterocycles. The van der Waals surface area contributed by atoms with E-state index in [0.717, 1.165) is 22.6 Å². The van der Waals surface area contributed by atoms with E-state index in [0.29, 0.717) is 33.7 Å². The summed E-state index contributed by atoms with van der Waals surface area (Å²) in [6.07, 6.45) is 1.65. The van der Waals surface area contributed by atoms with E-state index in [1.807, 2.05) is 19.1 Å². The second-order valence-electron chi connectivity index (χ2n) is 5.92. The molecule has 9 heteroatoms. The van der Waals surface area contributed by atoms with Crippen molar-refractivity contribution in [3.63, 3.8) is 0 Å². The maximum absolute atomic E-state index is 11.6. The number of nitrogens with one attached hydrogen (secondary N) is 1. The lowest BCUT2D eigenvalue weighted by Gasteiger charge is -2.12. The lowest BCUT2D eigenvalue weighted by molar-refractivity contribution is 0.0694. The Morgan fingerprint density at radius 2 is 2.04 bits per heavy atom. The third-order valence-electron chi connectivity index (χ3n) is 4.19. The predicted molar refractivity (Wildman–Crippen MR) is 108 cm³/mol. The van der Waals surface area contributed by atoms with Crippen LogP contribution in [0.2, 0.25) is 0 Å². The van der Waals surface area contributed by atoms with Crippen LogP contribution < -0.4 is 5.32 Å². The van der Waals surface area contributed by atoms with Gasteiger partial charge in [-0.05, 0) is 42.7 Å². The number of aromatic carboxylic acids is 1. The zero-order valence-electron chi connectivity index (χ0n) is 14.7. The van der Waals surface area contributed by atoms with E-state index in [9.17, 15) is 15.0 Å². The predicted octanol–water partition coefficient (Wildman–Crippen LogP) is 5.10. The van der Waals surface area contributed by atoms with Gasteiger partial charge in [-0.2, -0.15) is 4.37 Å². The molecule has 140 valence electrons. The Bertz CT molecular complexity index is 1240. The highest BCUT2D eigenvalue weighted by atomic mass is 32.1. The molecule has 0 aliphatic carbocycles. The topological polar surface area (TPSA) is 120 Å². The number of hydrogen-bond donors (Lipinski definition) is 3. The summed E-state index contributed by atoms with van der Waals surface area (Å²) in [5, 5.41) is 34.0. The second-order valence-corrected chi connectivity index (χ2v) is 6.67. The maximum Gasteiger partial charge on any atom is 0.339 e. The van der Waals surface area contributed by atoms with Crippen LogP contribution in [0.4, 0.5) is 16.4 Å². The van der Waals surface area contributed by atoms with E-state index >= 15 is 0 Å². The molecule has 0 fully saturated rings. The molecule has 8 nitrogen and oxygen atoms in total. The fraction of sp³-hybridized carbons (Fsp3) is 0.105. The third-order valence-corrected chi connectivity index (χ3v) is 4.93. The summed E-state index contributed by atoms with van der Waals surface area (Å²) in [5.74, 6) is -1.54. The summed E-state index contributed by atoms with van der Waals surface area (Å²) in [5.41, 5.74) is 1.42. The number of azo groups is 1. The molecule has 2 heterocycles. The molecule has 28 heavy (non-hydrogen) atoms. The number of carboxylic acid groups (broad SMARTS) is 1. The number of anilines is 1. The summed E-state index contributed by atoms with van der Waals surface area (Å²) in [4.78, 5) is 15.7. The highest BCUT2D eigenvalue weighted by Crippen LogP contribution is 2.41. The second kappa shape index (κ2) is 7.20. The van der Waals surface area contributed by atoms with Crippen molar-refractivity contribution >= 4 is 55.7 Å². The number of rotatable bonds is 5. The molecule has 0 saturated heterocycles. The maximum atomic E-state index is 11.6. The molecule has 0 radical (unpaired) electrons. The molecule has 0 unspecified atom stereocenters. The van der Waals surface area contributed by atoms with Gasteiger partial charge in [-0.3, -0.25) is 0 Å². The molecule has 0 amide bonds. The fourth-order valence-corrected chi connectivity index (χ4v) is 3.62. The first-order valence-corrected chi connectivity index (χ1v) is 9.25. The molecule has 4 aromatic rings. The average molecular weight is 393 g/mol. The minimum Gasteiger partial charge on any atom is -0.506 e. The molecule has 0 saturated carbocycles. The molecular weight excluding hydrogens is 378 g/mol. The molecule has 4 rings (SSSR count). The number of aromatic nitrogens is 2. The summed E-state index contributed by atoms with van der Waals surface area (Å²) in [6, 6.07) is 10.2. The van der Waals surface area contributed by atoms with Crippen LogP contribution in [0.3, 0.4) is 0 Å². The van der Waals surface area contributed by atoms with Gasteiger partial charge in [0.15, 0.2) is 10.6 Å². The number of carbonyl (C=O) groups is 1. The van der Waals surface area contributed by atoms with Crippen LogP contribution >= 0.6 is 11.5 Å². The van der Waals surface area contributed by atoms with E-state index in [1.54, 1.807) is 24.4 Å². The SMILES string of the molecule is CCNc1cccc2c(O)c(C(=O)O)cc(/N=N/c3snc4ncccc34)c12. The van der Waals surface area contributed by atoms with E-state index in [2.05, 4.69) is 24.9 Å².